The van der Waals surface area contributed by atoms with E-state index in [2.05, 4.69) is 22.2 Å². The first-order chi connectivity index (χ1) is 13.1. The van der Waals surface area contributed by atoms with E-state index in [1.165, 1.54) is 5.56 Å². The fraction of sp³-hybridized carbons (Fsp3) is 0.350. The van der Waals surface area contributed by atoms with Crippen molar-refractivity contribution in [1.82, 2.24) is 19.7 Å². The van der Waals surface area contributed by atoms with Crippen molar-refractivity contribution >= 4 is 9.84 Å². The van der Waals surface area contributed by atoms with Crippen molar-refractivity contribution < 1.29 is 8.42 Å². The molecule has 4 rings (SSSR count). The second kappa shape index (κ2) is 7.60. The Morgan fingerprint density at radius 3 is 2.56 bits per heavy atom. The summed E-state index contributed by atoms with van der Waals surface area (Å²) in [5, 5.41) is 4.67. The Balaban J connectivity index is 1.57. The quantitative estimate of drug-likeness (QED) is 0.654. The minimum atomic E-state index is -2.91. The second-order valence-corrected chi connectivity index (χ2v) is 9.23. The first kappa shape index (κ1) is 17.9. The van der Waals surface area contributed by atoms with Crippen molar-refractivity contribution in [2.45, 2.75) is 25.7 Å². The molecule has 3 heterocycles. The molecule has 27 heavy (non-hydrogen) atoms. The van der Waals surface area contributed by atoms with Crippen LogP contribution in [0.15, 0.2) is 54.7 Å². The topological polar surface area (TPSA) is 77.7 Å². The molecule has 2 aromatic heterocycles. The maximum Gasteiger partial charge on any atom is 0.155 e. The minimum absolute atomic E-state index is 0.101. The molecule has 0 aliphatic carbocycles. The predicted molar refractivity (Wildman–Crippen MR) is 103 cm³/mol. The molecule has 1 saturated heterocycles. The number of nitrogens with zero attached hydrogens (tertiary/aromatic N) is 4. The van der Waals surface area contributed by atoms with Gasteiger partial charge in [0, 0.05) is 19.0 Å². The van der Waals surface area contributed by atoms with Crippen molar-refractivity contribution in [3.8, 4) is 5.82 Å². The van der Waals surface area contributed by atoms with Gasteiger partial charge in [-0.1, -0.05) is 36.4 Å². The average Bonchev–Trinajstić information content (AvgIpc) is 3.24. The highest BCUT2D eigenvalue weighted by Gasteiger charge is 2.29. The smallest absolute Gasteiger partial charge is 0.155 e. The molecule has 1 atom stereocenters. The third-order valence-corrected chi connectivity index (χ3v) is 6.70. The number of aryl methyl sites for hydroxylation is 2. The lowest BCUT2D eigenvalue weighted by atomic mass is 10.1. The highest BCUT2D eigenvalue weighted by atomic mass is 32.2. The van der Waals surface area contributed by atoms with Gasteiger partial charge in [0.2, 0.25) is 0 Å². The summed E-state index contributed by atoms with van der Waals surface area (Å²) in [6.07, 6.45) is 4.62. The van der Waals surface area contributed by atoms with Crippen molar-refractivity contribution in [1.29, 1.82) is 0 Å². The Morgan fingerprint density at radius 2 is 1.85 bits per heavy atom. The van der Waals surface area contributed by atoms with E-state index < -0.39 is 9.84 Å². The Bertz CT molecular complexity index is 1000. The van der Waals surface area contributed by atoms with Gasteiger partial charge in [-0.05, 0) is 36.5 Å². The van der Waals surface area contributed by atoms with Gasteiger partial charge >= 0.3 is 0 Å². The summed E-state index contributed by atoms with van der Waals surface area (Å²) in [4.78, 5) is 9.12. The van der Waals surface area contributed by atoms with Crippen molar-refractivity contribution in [3.05, 3.63) is 71.9 Å². The van der Waals surface area contributed by atoms with Gasteiger partial charge in [-0.25, -0.2) is 18.4 Å². The maximum atomic E-state index is 11.8. The monoisotopic (exact) mass is 382 g/mol. The summed E-state index contributed by atoms with van der Waals surface area (Å²) >= 11 is 0. The largest absolute Gasteiger partial charge is 0.237 e. The normalized spacial score (nSPS) is 18.6. The number of aromatic nitrogens is 4. The molecule has 0 spiro atoms. The van der Waals surface area contributed by atoms with Crippen LogP contribution in [0.1, 0.15) is 23.6 Å². The molecule has 7 heteroatoms. The number of pyridine rings is 1. The molecule has 0 unspecified atom stereocenters. The number of sulfone groups is 1. The van der Waals surface area contributed by atoms with Crippen LogP contribution in [0, 0.1) is 5.92 Å². The first-order valence-electron chi connectivity index (χ1n) is 9.20. The second-order valence-electron chi connectivity index (χ2n) is 7.00. The third kappa shape index (κ3) is 4.42. The molecule has 6 nitrogen and oxygen atoms in total. The lowest BCUT2D eigenvalue weighted by molar-refractivity contribution is 0.558. The highest BCUT2D eigenvalue weighted by molar-refractivity contribution is 7.91. The van der Waals surface area contributed by atoms with Gasteiger partial charge in [0.25, 0.3) is 0 Å². The zero-order chi connectivity index (χ0) is 18.7. The van der Waals surface area contributed by atoms with Crippen LogP contribution < -0.4 is 0 Å². The summed E-state index contributed by atoms with van der Waals surface area (Å²) in [6.45, 7) is 0. The molecule has 3 aromatic rings. The van der Waals surface area contributed by atoms with Crippen LogP contribution in [0.4, 0.5) is 0 Å². The van der Waals surface area contributed by atoms with E-state index in [0.717, 1.165) is 24.5 Å². The Morgan fingerprint density at radius 1 is 1.04 bits per heavy atom. The van der Waals surface area contributed by atoms with E-state index in [4.69, 9.17) is 4.98 Å². The number of hydrogen-bond donors (Lipinski definition) is 0. The van der Waals surface area contributed by atoms with Crippen LogP contribution in [0.25, 0.3) is 5.82 Å². The van der Waals surface area contributed by atoms with Crippen LogP contribution in [0.2, 0.25) is 0 Å². The zero-order valence-electron chi connectivity index (χ0n) is 15.0. The molecular weight excluding hydrogens is 360 g/mol. The lowest BCUT2D eigenvalue weighted by Gasteiger charge is -2.08. The zero-order valence-corrected chi connectivity index (χ0v) is 15.8. The van der Waals surface area contributed by atoms with Crippen molar-refractivity contribution in [3.63, 3.8) is 0 Å². The highest BCUT2D eigenvalue weighted by Crippen LogP contribution is 2.23. The van der Waals surface area contributed by atoms with Crippen LogP contribution in [-0.2, 0) is 29.1 Å². The van der Waals surface area contributed by atoms with E-state index in [1.807, 2.05) is 36.4 Å². The number of benzene rings is 1. The summed E-state index contributed by atoms with van der Waals surface area (Å²) in [5.41, 5.74) is 1.25. The van der Waals surface area contributed by atoms with Crippen LogP contribution in [-0.4, -0.2) is 39.7 Å². The average molecular weight is 382 g/mol. The van der Waals surface area contributed by atoms with Gasteiger partial charge < -0.3 is 0 Å². The van der Waals surface area contributed by atoms with Gasteiger partial charge in [0.1, 0.15) is 5.82 Å². The molecule has 0 saturated carbocycles. The van der Waals surface area contributed by atoms with E-state index in [0.29, 0.717) is 18.7 Å². The fourth-order valence-electron chi connectivity index (χ4n) is 3.48. The molecule has 0 bridgehead atoms. The first-order valence-corrected chi connectivity index (χ1v) is 11.0. The molecule has 1 aromatic carbocycles. The van der Waals surface area contributed by atoms with E-state index in [-0.39, 0.29) is 17.4 Å². The Hall–Kier alpha value is -2.54. The molecule has 1 aliphatic rings. The predicted octanol–water partition coefficient (Wildman–Crippen LogP) is 2.42. The summed E-state index contributed by atoms with van der Waals surface area (Å²) < 4.78 is 25.4. The van der Waals surface area contributed by atoms with Gasteiger partial charge in [0.15, 0.2) is 21.5 Å². The molecule has 1 fully saturated rings. The van der Waals surface area contributed by atoms with E-state index >= 15 is 0 Å². The van der Waals surface area contributed by atoms with E-state index in [9.17, 15) is 8.42 Å². The third-order valence-electron chi connectivity index (χ3n) is 4.86. The maximum absolute atomic E-state index is 11.8. The van der Waals surface area contributed by atoms with Crippen LogP contribution in [0.3, 0.4) is 0 Å². The van der Waals surface area contributed by atoms with Gasteiger partial charge in [-0.3, -0.25) is 0 Å². The molecule has 0 radical (unpaired) electrons. The van der Waals surface area contributed by atoms with Crippen LogP contribution in [0.5, 0.6) is 0 Å². The summed E-state index contributed by atoms with van der Waals surface area (Å²) in [5.74, 6) is 2.88. The van der Waals surface area contributed by atoms with Crippen molar-refractivity contribution in [2.24, 2.45) is 5.92 Å². The molecule has 0 amide bonds. The molecule has 0 N–H and O–H groups in total. The van der Waals surface area contributed by atoms with E-state index in [1.54, 1.807) is 10.9 Å². The molecule has 1 aliphatic heterocycles. The Labute approximate surface area is 159 Å². The SMILES string of the molecule is O=S1(=O)CC[C@@H](Cc2nc(CCc3ccccc3)nn2-c2ccccn2)C1. The fourth-order valence-corrected chi connectivity index (χ4v) is 5.35. The van der Waals surface area contributed by atoms with Crippen LogP contribution >= 0.6 is 0 Å². The molecule has 140 valence electrons. The van der Waals surface area contributed by atoms with Crippen molar-refractivity contribution in [2.75, 3.05) is 11.5 Å². The van der Waals surface area contributed by atoms with Gasteiger partial charge in [-0.15, -0.1) is 5.10 Å². The number of hydrogen-bond acceptors (Lipinski definition) is 5. The minimum Gasteiger partial charge on any atom is -0.237 e. The summed E-state index contributed by atoms with van der Waals surface area (Å²) in [6, 6.07) is 15.9. The lowest BCUT2D eigenvalue weighted by Crippen LogP contribution is -2.12. The van der Waals surface area contributed by atoms with Gasteiger partial charge in [-0.2, -0.15) is 4.68 Å². The molecular formula is C20H22N4O2S. The van der Waals surface area contributed by atoms with Gasteiger partial charge in [0.05, 0.1) is 11.5 Å². The number of rotatable bonds is 6. The Kier molecular flexibility index (Phi) is 5.03. The summed E-state index contributed by atoms with van der Waals surface area (Å²) in [7, 11) is -2.91. The standard InChI is InChI=1S/C20H22N4O2S/c25-27(26)13-11-17(15-27)14-20-22-18(10-9-16-6-2-1-3-7-16)23-24(20)19-8-4-5-12-21-19/h1-8,12,17H,9-11,13-15H2/t17-/m0/s1.